The number of carbonyl (C=O) groups is 1. The van der Waals surface area contributed by atoms with E-state index in [0.717, 1.165) is 45.2 Å². The highest BCUT2D eigenvalue weighted by Crippen LogP contribution is 2.67. The lowest BCUT2D eigenvalue weighted by Crippen LogP contribution is -2.47. The molecule has 3 nitrogen and oxygen atoms in total. The molecule has 4 rings (SSSR count). The van der Waals surface area contributed by atoms with Crippen molar-refractivity contribution < 1.29 is 9.90 Å². The van der Waals surface area contributed by atoms with E-state index in [0.29, 0.717) is 29.5 Å². The van der Waals surface area contributed by atoms with Crippen molar-refractivity contribution in [2.75, 3.05) is 20.1 Å². The van der Waals surface area contributed by atoms with Crippen LogP contribution in [0.3, 0.4) is 0 Å². The maximum Gasteiger partial charge on any atom is 0.137 e. The summed E-state index contributed by atoms with van der Waals surface area (Å²) in [7, 11) is 2.20. The van der Waals surface area contributed by atoms with Crippen LogP contribution in [0, 0.1) is 35.0 Å². The first-order chi connectivity index (χ1) is 9.52. The summed E-state index contributed by atoms with van der Waals surface area (Å²) in [4.78, 5) is 15.1. The number of hydrogen-bond donors (Lipinski definition) is 1. The van der Waals surface area contributed by atoms with Crippen LogP contribution in [0.25, 0.3) is 0 Å². The molecule has 3 saturated carbocycles. The van der Waals surface area contributed by atoms with Crippen LogP contribution >= 0.6 is 0 Å². The van der Waals surface area contributed by atoms with Gasteiger partial charge in [0.05, 0.1) is 6.10 Å². The van der Waals surface area contributed by atoms with Gasteiger partial charge in [0.1, 0.15) is 5.78 Å². The molecular formula is C17H27NO2. The Morgan fingerprint density at radius 3 is 2.95 bits per heavy atom. The molecule has 0 bridgehead atoms. The summed E-state index contributed by atoms with van der Waals surface area (Å²) < 4.78 is 0. The van der Waals surface area contributed by atoms with Crippen LogP contribution in [0.1, 0.15) is 39.0 Å². The molecule has 1 aliphatic heterocycles. The van der Waals surface area contributed by atoms with E-state index in [1.54, 1.807) is 0 Å². The predicted octanol–water partition coefficient (Wildman–Crippen LogP) is 1.94. The molecule has 1 saturated heterocycles. The van der Waals surface area contributed by atoms with Crippen LogP contribution < -0.4 is 0 Å². The van der Waals surface area contributed by atoms with Crippen molar-refractivity contribution in [2.24, 2.45) is 35.0 Å². The molecule has 0 radical (unpaired) electrons. The number of likely N-dealkylation sites (tertiary alicyclic amines) is 1. The van der Waals surface area contributed by atoms with Crippen LogP contribution in [0.15, 0.2) is 0 Å². The van der Waals surface area contributed by atoms with E-state index in [9.17, 15) is 9.90 Å². The Balaban J connectivity index is 1.72. The van der Waals surface area contributed by atoms with Crippen molar-refractivity contribution in [1.82, 2.24) is 4.90 Å². The highest BCUT2D eigenvalue weighted by Gasteiger charge is 2.67. The third kappa shape index (κ3) is 1.57. The summed E-state index contributed by atoms with van der Waals surface area (Å²) in [5.41, 5.74) is -0.0376. The summed E-state index contributed by atoms with van der Waals surface area (Å²) in [5, 5.41) is 10.9. The van der Waals surface area contributed by atoms with E-state index < -0.39 is 0 Å². The van der Waals surface area contributed by atoms with Crippen molar-refractivity contribution in [3.8, 4) is 0 Å². The van der Waals surface area contributed by atoms with Crippen LogP contribution in [0.5, 0.6) is 0 Å². The molecule has 20 heavy (non-hydrogen) atoms. The quantitative estimate of drug-likeness (QED) is 0.735. The number of carbonyl (C=O) groups excluding carboxylic acids is 1. The molecule has 4 aliphatic rings. The monoisotopic (exact) mass is 277 g/mol. The van der Waals surface area contributed by atoms with Crippen molar-refractivity contribution in [3.63, 3.8) is 0 Å². The molecular weight excluding hydrogens is 250 g/mol. The van der Waals surface area contributed by atoms with E-state index in [2.05, 4.69) is 18.9 Å². The molecule has 0 unspecified atom stereocenters. The van der Waals surface area contributed by atoms with Gasteiger partial charge in [0.25, 0.3) is 0 Å². The van der Waals surface area contributed by atoms with Crippen LogP contribution in [-0.4, -0.2) is 42.0 Å². The molecule has 1 heterocycles. The highest BCUT2D eigenvalue weighted by atomic mass is 16.3. The first-order valence-electron chi connectivity index (χ1n) is 8.41. The summed E-state index contributed by atoms with van der Waals surface area (Å²) in [6.45, 7) is 4.49. The second-order valence-electron chi connectivity index (χ2n) is 8.23. The van der Waals surface area contributed by atoms with Crippen LogP contribution in [0.2, 0.25) is 0 Å². The SMILES string of the molecule is C[C@@H]1C[C@H]2CC(=O)[C@@H]3[C@@H]4CCN(C)C[C@@H]4C[C@]23[C@H](O)C1. The van der Waals surface area contributed by atoms with E-state index in [4.69, 9.17) is 0 Å². The third-order valence-electron chi connectivity index (χ3n) is 7.11. The van der Waals surface area contributed by atoms with Gasteiger partial charge in [0, 0.05) is 24.3 Å². The van der Waals surface area contributed by atoms with Crippen LogP contribution in [0.4, 0.5) is 0 Å². The number of nitrogens with zero attached hydrogens (tertiary/aromatic N) is 1. The Labute approximate surface area is 121 Å². The van der Waals surface area contributed by atoms with Gasteiger partial charge in [-0.15, -0.1) is 0 Å². The molecule has 7 atom stereocenters. The normalized spacial score (nSPS) is 55.5. The molecule has 0 aromatic rings. The summed E-state index contributed by atoms with van der Waals surface area (Å²) in [6, 6.07) is 0. The zero-order valence-corrected chi connectivity index (χ0v) is 12.7. The predicted molar refractivity (Wildman–Crippen MR) is 77.2 cm³/mol. The molecule has 3 heteroatoms. The Bertz CT molecular complexity index is 437. The topological polar surface area (TPSA) is 40.5 Å². The molecule has 0 aromatic carbocycles. The van der Waals surface area contributed by atoms with Gasteiger partial charge in [-0.3, -0.25) is 4.79 Å². The minimum Gasteiger partial charge on any atom is -0.393 e. The molecule has 1 N–H and O–H groups in total. The zero-order chi connectivity index (χ0) is 14.1. The molecule has 4 fully saturated rings. The van der Waals surface area contributed by atoms with E-state index in [1.165, 1.54) is 0 Å². The molecule has 112 valence electrons. The molecule has 0 aromatic heterocycles. The average molecular weight is 277 g/mol. The molecule has 3 aliphatic carbocycles. The van der Waals surface area contributed by atoms with Crippen molar-refractivity contribution in [2.45, 2.75) is 45.1 Å². The van der Waals surface area contributed by atoms with Gasteiger partial charge >= 0.3 is 0 Å². The maximum atomic E-state index is 12.7. The maximum absolute atomic E-state index is 12.7. The molecule has 0 amide bonds. The Morgan fingerprint density at radius 2 is 2.15 bits per heavy atom. The molecule has 1 spiro atoms. The summed E-state index contributed by atoms with van der Waals surface area (Å²) in [6.07, 6.45) is 4.86. The Hall–Kier alpha value is -0.410. The second-order valence-corrected chi connectivity index (χ2v) is 8.23. The highest BCUT2D eigenvalue weighted by molar-refractivity contribution is 5.86. The van der Waals surface area contributed by atoms with Gasteiger partial charge in [-0.05, 0) is 62.9 Å². The fraction of sp³-hybridized carbons (Fsp3) is 0.941. The lowest BCUT2D eigenvalue weighted by Gasteiger charge is -2.46. The van der Waals surface area contributed by atoms with E-state index in [1.807, 2.05) is 0 Å². The number of rotatable bonds is 0. The second kappa shape index (κ2) is 4.30. The smallest absolute Gasteiger partial charge is 0.137 e. The van der Waals surface area contributed by atoms with Gasteiger partial charge in [0.15, 0.2) is 0 Å². The van der Waals surface area contributed by atoms with Gasteiger partial charge in [-0.25, -0.2) is 0 Å². The van der Waals surface area contributed by atoms with Gasteiger partial charge in [-0.1, -0.05) is 6.92 Å². The lowest BCUT2D eigenvalue weighted by atomic mass is 9.60. The lowest BCUT2D eigenvalue weighted by molar-refractivity contribution is -0.126. The number of aliphatic hydroxyl groups is 1. The van der Waals surface area contributed by atoms with E-state index in [-0.39, 0.29) is 17.4 Å². The number of hydrogen-bond acceptors (Lipinski definition) is 3. The van der Waals surface area contributed by atoms with Crippen molar-refractivity contribution >= 4 is 5.78 Å². The fourth-order valence-electron chi connectivity index (χ4n) is 6.49. The van der Waals surface area contributed by atoms with Gasteiger partial charge in [0.2, 0.25) is 0 Å². The van der Waals surface area contributed by atoms with Crippen LogP contribution in [-0.2, 0) is 4.79 Å². The van der Waals surface area contributed by atoms with E-state index >= 15 is 0 Å². The number of aliphatic hydroxyl groups excluding tert-OH is 1. The van der Waals surface area contributed by atoms with Gasteiger partial charge < -0.3 is 10.0 Å². The fourth-order valence-corrected chi connectivity index (χ4v) is 6.49. The van der Waals surface area contributed by atoms with Crippen molar-refractivity contribution in [3.05, 3.63) is 0 Å². The summed E-state index contributed by atoms with van der Waals surface area (Å²) in [5.74, 6) is 2.93. The third-order valence-corrected chi connectivity index (χ3v) is 7.11. The minimum atomic E-state index is -0.233. The van der Waals surface area contributed by atoms with Gasteiger partial charge in [-0.2, -0.15) is 0 Å². The largest absolute Gasteiger partial charge is 0.393 e. The number of piperidine rings is 1. The average Bonchev–Trinajstić information content (AvgIpc) is 2.83. The first-order valence-corrected chi connectivity index (χ1v) is 8.41. The number of fused-ring (bicyclic) bond motifs is 2. The Kier molecular flexibility index (Phi) is 2.85. The summed E-state index contributed by atoms with van der Waals surface area (Å²) >= 11 is 0. The Morgan fingerprint density at radius 1 is 1.35 bits per heavy atom. The number of ketones is 1. The minimum absolute atomic E-state index is 0.0376. The first kappa shape index (κ1) is 13.3. The number of Topliss-reactive ketones (excluding diaryl/α,β-unsaturated/α-hetero) is 1. The zero-order valence-electron chi connectivity index (χ0n) is 12.7. The standard InChI is InChI=1S/C17H27NO2/c1-10-5-12-7-14(19)16-13-3-4-18(2)9-11(13)8-17(12,16)15(20)6-10/h10-13,15-16,20H,3-9H2,1-2H3/t10-,11+,12+,13-,15-,16+,17-/m1/s1. The van der Waals surface area contributed by atoms with Crippen molar-refractivity contribution in [1.29, 1.82) is 0 Å².